The summed E-state index contributed by atoms with van der Waals surface area (Å²) < 4.78 is 5.18. The van der Waals surface area contributed by atoms with Crippen LogP contribution in [-0.2, 0) is 4.79 Å². The zero-order chi connectivity index (χ0) is 15.5. The normalized spacial score (nSPS) is 24.5. The molecule has 0 radical (unpaired) electrons. The number of benzene rings is 1. The van der Waals surface area contributed by atoms with Crippen LogP contribution in [0.4, 0.5) is 0 Å². The summed E-state index contributed by atoms with van der Waals surface area (Å²) in [6.45, 7) is 4.00. The Bertz CT molecular complexity index is 512. The number of fused-ring (bicyclic) bond motifs is 2. The van der Waals surface area contributed by atoms with Crippen LogP contribution in [0.15, 0.2) is 29.2 Å². The second-order valence-corrected chi connectivity index (χ2v) is 7.47. The number of rotatable bonds is 4. The van der Waals surface area contributed by atoms with Gasteiger partial charge in [-0.25, -0.2) is 0 Å². The minimum atomic E-state index is -0.0467. The van der Waals surface area contributed by atoms with Crippen LogP contribution < -0.4 is 10.1 Å². The molecule has 3 unspecified atom stereocenters. The maximum Gasteiger partial charge on any atom is 0.236 e. The fourth-order valence-electron chi connectivity index (χ4n) is 3.46. The van der Waals surface area contributed by atoms with Gasteiger partial charge in [0.05, 0.1) is 12.4 Å². The van der Waals surface area contributed by atoms with Crippen molar-refractivity contribution in [3.8, 4) is 5.75 Å². The molecule has 1 amide bonds. The first-order chi connectivity index (χ1) is 10.7. The molecule has 3 atom stereocenters. The fourth-order valence-corrected chi connectivity index (χ4v) is 4.38. The summed E-state index contributed by atoms with van der Waals surface area (Å²) in [6, 6.07) is 8.75. The molecular weight excluding hydrogens is 332 g/mol. The molecule has 2 heterocycles. The molecule has 0 saturated carbocycles. The second kappa shape index (κ2) is 8.27. The Kier molecular flexibility index (Phi) is 6.62. The summed E-state index contributed by atoms with van der Waals surface area (Å²) >= 11 is 1.64. The molecule has 2 aliphatic rings. The molecule has 2 saturated heterocycles. The molecule has 0 aliphatic carbocycles. The maximum atomic E-state index is 12.9. The highest BCUT2D eigenvalue weighted by Crippen LogP contribution is 2.32. The van der Waals surface area contributed by atoms with E-state index in [1.54, 1.807) is 18.9 Å². The Morgan fingerprint density at radius 1 is 1.26 bits per heavy atom. The molecule has 1 aromatic rings. The van der Waals surface area contributed by atoms with E-state index in [0.29, 0.717) is 12.1 Å². The molecule has 2 bridgehead atoms. The molecule has 2 aliphatic heterocycles. The Labute approximate surface area is 148 Å². The SMILES string of the molecule is COc1ccc(SC(C)C(=O)N2C3CCNCC2CC3)cc1.Cl. The molecule has 6 heteroatoms. The number of methoxy groups -OCH3 is 1. The van der Waals surface area contributed by atoms with Gasteiger partial charge in [0.25, 0.3) is 0 Å². The first-order valence-corrected chi connectivity index (χ1v) is 8.90. The minimum Gasteiger partial charge on any atom is -0.497 e. The van der Waals surface area contributed by atoms with Crippen LogP contribution in [0.25, 0.3) is 0 Å². The predicted octanol–water partition coefficient (Wildman–Crippen LogP) is 2.95. The number of amides is 1. The van der Waals surface area contributed by atoms with Crippen LogP contribution in [0, 0.1) is 0 Å². The van der Waals surface area contributed by atoms with Gasteiger partial charge in [-0.1, -0.05) is 0 Å². The second-order valence-electron chi connectivity index (χ2n) is 6.06. The van der Waals surface area contributed by atoms with E-state index in [-0.39, 0.29) is 23.6 Å². The number of carbonyl (C=O) groups is 1. The highest BCUT2D eigenvalue weighted by molar-refractivity contribution is 8.00. The van der Waals surface area contributed by atoms with E-state index in [1.807, 2.05) is 31.2 Å². The molecule has 23 heavy (non-hydrogen) atoms. The molecule has 1 N–H and O–H groups in total. The molecule has 1 aromatic carbocycles. The zero-order valence-electron chi connectivity index (χ0n) is 13.7. The predicted molar refractivity (Wildman–Crippen MR) is 96.7 cm³/mol. The van der Waals surface area contributed by atoms with Crippen molar-refractivity contribution in [3.05, 3.63) is 24.3 Å². The molecule has 3 rings (SSSR count). The largest absolute Gasteiger partial charge is 0.497 e. The van der Waals surface area contributed by atoms with Crippen LogP contribution in [0.1, 0.15) is 26.2 Å². The minimum absolute atomic E-state index is 0. The number of nitrogens with one attached hydrogen (secondary N) is 1. The third kappa shape index (κ3) is 4.14. The van der Waals surface area contributed by atoms with Crippen molar-refractivity contribution in [1.82, 2.24) is 10.2 Å². The van der Waals surface area contributed by atoms with Gasteiger partial charge in [0.2, 0.25) is 5.91 Å². The van der Waals surface area contributed by atoms with Crippen molar-refractivity contribution in [2.45, 2.75) is 48.4 Å². The molecule has 2 fully saturated rings. The summed E-state index contributed by atoms with van der Waals surface area (Å²) in [7, 11) is 1.66. The molecular formula is C17H25ClN2O2S. The molecule has 4 nitrogen and oxygen atoms in total. The van der Waals surface area contributed by atoms with Gasteiger partial charge in [0, 0.05) is 23.5 Å². The van der Waals surface area contributed by atoms with E-state index < -0.39 is 0 Å². The summed E-state index contributed by atoms with van der Waals surface area (Å²) in [5, 5.41) is 3.40. The Hall–Kier alpha value is -0.910. The van der Waals surface area contributed by atoms with Crippen LogP contribution in [0.3, 0.4) is 0 Å². The Morgan fingerprint density at radius 2 is 1.96 bits per heavy atom. The Balaban J connectivity index is 0.00000192. The maximum absolute atomic E-state index is 12.9. The van der Waals surface area contributed by atoms with Crippen LogP contribution in [0.2, 0.25) is 0 Å². The van der Waals surface area contributed by atoms with Gasteiger partial charge < -0.3 is 15.0 Å². The van der Waals surface area contributed by atoms with E-state index in [9.17, 15) is 4.79 Å². The van der Waals surface area contributed by atoms with E-state index >= 15 is 0 Å². The van der Waals surface area contributed by atoms with Gasteiger partial charge in [-0.05, 0) is 57.0 Å². The van der Waals surface area contributed by atoms with E-state index in [0.717, 1.165) is 43.0 Å². The lowest BCUT2D eigenvalue weighted by Gasteiger charge is -2.30. The van der Waals surface area contributed by atoms with Crippen molar-refractivity contribution >= 4 is 30.1 Å². The topological polar surface area (TPSA) is 41.6 Å². The number of carbonyl (C=O) groups excluding carboxylic acids is 1. The average molecular weight is 357 g/mol. The summed E-state index contributed by atoms with van der Waals surface area (Å²) in [4.78, 5) is 16.2. The van der Waals surface area contributed by atoms with Crippen LogP contribution >= 0.6 is 24.2 Å². The van der Waals surface area contributed by atoms with Crippen LogP contribution in [-0.4, -0.2) is 48.3 Å². The van der Waals surface area contributed by atoms with Gasteiger partial charge in [0.1, 0.15) is 5.75 Å². The van der Waals surface area contributed by atoms with Crippen molar-refractivity contribution in [2.24, 2.45) is 0 Å². The highest BCUT2D eigenvalue weighted by Gasteiger charge is 2.39. The zero-order valence-corrected chi connectivity index (χ0v) is 15.3. The fraction of sp³-hybridized carbons (Fsp3) is 0.588. The van der Waals surface area contributed by atoms with E-state index in [1.165, 1.54) is 0 Å². The first kappa shape index (κ1) is 18.4. The summed E-state index contributed by atoms with van der Waals surface area (Å²) in [5.74, 6) is 1.14. The monoisotopic (exact) mass is 356 g/mol. The van der Waals surface area contributed by atoms with Crippen molar-refractivity contribution in [1.29, 1.82) is 0 Å². The number of hydrogen-bond donors (Lipinski definition) is 1. The van der Waals surface area contributed by atoms with Gasteiger partial charge in [0.15, 0.2) is 0 Å². The molecule has 128 valence electrons. The van der Waals surface area contributed by atoms with Crippen molar-refractivity contribution in [3.63, 3.8) is 0 Å². The lowest BCUT2D eigenvalue weighted by molar-refractivity contribution is -0.132. The third-order valence-electron chi connectivity index (χ3n) is 4.63. The number of halogens is 1. The number of ether oxygens (including phenoxy) is 1. The molecule has 0 aromatic heterocycles. The van der Waals surface area contributed by atoms with Crippen LogP contribution in [0.5, 0.6) is 5.75 Å². The van der Waals surface area contributed by atoms with Crippen molar-refractivity contribution < 1.29 is 9.53 Å². The van der Waals surface area contributed by atoms with Gasteiger partial charge >= 0.3 is 0 Å². The lowest BCUT2D eigenvalue weighted by Crippen LogP contribution is -2.45. The number of nitrogens with zero attached hydrogens (tertiary/aromatic N) is 1. The highest BCUT2D eigenvalue weighted by atomic mass is 35.5. The lowest BCUT2D eigenvalue weighted by atomic mass is 10.1. The molecule has 0 spiro atoms. The number of hydrogen-bond acceptors (Lipinski definition) is 4. The smallest absolute Gasteiger partial charge is 0.236 e. The van der Waals surface area contributed by atoms with Crippen molar-refractivity contribution in [2.75, 3.05) is 20.2 Å². The average Bonchev–Trinajstić information content (AvgIpc) is 2.80. The van der Waals surface area contributed by atoms with Gasteiger partial charge in [-0.2, -0.15) is 0 Å². The standard InChI is InChI=1S/C17H24N2O2S.ClH/c1-12(22-16-7-5-15(21-2)6-8-16)17(20)19-13-3-4-14(19)11-18-10-9-13;/h5-8,12-14,18H,3-4,9-11H2,1-2H3;1H. The third-order valence-corrected chi connectivity index (χ3v) is 5.73. The van der Waals surface area contributed by atoms with Gasteiger partial charge in [-0.3, -0.25) is 4.79 Å². The van der Waals surface area contributed by atoms with E-state index in [4.69, 9.17) is 4.74 Å². The summed E-state index contributed by atoms with van der Waals surface area (Å²) in [6.07, 6.45) is 3.39. The number of thioether (sulfide) groups is 1. The van der Waals surface area contributed by atoms with Gasteiger partial charge in [-0.15, -0.1) is 24.2 Å². The first-order valence-electron chi connectivity index (χ1n) is 8.02. The quantitative estimate of drug-likeness (QED) is 0.842. The Morgan fingerprint density at radius 3 is 2.65 bits per heavy atom. The van der Waals surface area contributed by atoms with E-state index in [2.05, 4.69) is 10.2 Å². The summed E-state index contributed by atoms with van der Waals surface area (Å²) in [5.41, 5.74) is 0.